The highest BCUT2D eigenvalue weighted by Gasteiger charge is 2.56. The van der Waals surface area contributed by atoms with E-state index in [1.807, 2.05) is 73.7 Å². The van der Waals surface area contributed by atoms with Gasteiger partial charge < -0.3 is 24.3 Å². The van der Waals surface area contributed by atoms with Gasteiger partial charge in [-0.3, -0.25) is 9.59 Å². The fourth-order valence-electron chi connectivity index (χ4n) is 6.03. The monoisotopic (exact) mass is 495 g/mol. The summed E-state index contributed by atoms with van der Waals surface area (Å²) < 4.78 is 11.1. The van der Waals surface area contributed by atoms with Crippen LogP contribution in [0.4, 0.5) is 0 Å². The van der Waals surface area contributed by atoms with Crippen molar-refractivity contribution in [2.75, 3.05) is 27.3 Å². The summed E-state index contributed by atoms with van der Waals surface area (Å²) in [5.41, 5.74) is 3.52. The van der Waals surface area contributed by atoms with Crippen molar-refractivity contribution in [2.24, 2.45) is 0 Å². The van der Waals surface area contributed by atoms with E-state index in [2.05, 4.69) is 11.1 Å². The molecule has 3 aromatic carbocycles. The molecule has 2 atom stereocenters. The second-order valence-corrected chi connectivity index (χ2v) is 9.84. The molecule has 6 rings (SSSR count). The van der Waals surface area contributed by atoms with Crippen LogP contribution in [0.5, 0.6) is 11.5 Å². The number of H-pyrrole nitrogens is 1. The van der Waals surface area contributed by atoms with Crippen molar-refractivity contribution in [1.29, 1.82) is 0 Å². The van der Waals surface area contributed by atoms with Gasteiger partial charge in [-0.2, -0.15) is 0 Å². The van der Waals surface area contributed by atoms with Crippen LogP contribution in [0.2, 0.25) is 0 Å². The number of aromatic amines is 1. The summed E-state index contributed by atoms with van der Waals surface area (Å²) in [5.74, 6) is 1.17. The van der Waals surface area contributed by atoms with Gasteiger partial charge in [0.1, 0.15) is 18.0 Å². The number of aromatic nitrogens is 1. The summed E-state index contributed by atoms with van der Waals surface area (Å²) in [7, 11) is 3.28. The van der Waals surface area contributed by atoms with E-state index in [9.17, 15) is 9.59 Å². The normalized spacial score (nSPS) is 21.1. The molecule has 1 N–H and O–H groups in total. The number of piperazine rings is 1. The molecule has 0 bridgehead atoms. The van der Waals surface area contributed by atoms with Crippen LogP contribution in [0.15, 0.2) is 72.8 Å². The van der Waals surface area contributed by atoms with E-state index in [4.69, 9.17) is 9.47 Å². The maximum absolute atomic E-state index is 14.2. The predicted octanol–water partition coefficient (Wildman–Crippen LogP) is 4.42. The Labute approximate surface area is 215 Å². The minimum absolute atomic E-state index is 0.0276. The van der Waals surface area contributed by atoms with E-state index < -0.39 is 5.54 Å². The summed E-state index contributed by atoms with van der Waals surface area (Å²) in [6.45, 7) is 2.62. The zero-order valence-corrected chi connectivity index (χ0v) is 21.2. The molecule has 0 aliphatic carbocycles. The number of fused-ring (bicyclic) bond motifs is 5. The average molecular weight is 496 g/mol. The van der Waals surface area contributed by atoms with Gasteiger partial charge in [0, 0.05) is 35.5 Å². The van der Waals surface area contributed by atoms with Crippen LogP contribution in [0.25, 0.3) is 10.9 Å². The van der Waals surface area contributed by atoms with Crippen molar-refractivity contribution in [3.05, 3.63) is 95.2 Å². The van der Waals surface area contributed by atoms with Gasteiger partial charge in [0.05, 0.1) is 19.9 Å². The minimum atomic E-state index is -1.15. The van der Waals surface area contributed by atoms with Crippen molar-refractivity contribution in [3.63, 3.8) is 0 Å². The fourth-order valence-corrected chi connectivity index (χ4v) is 6.03. The van der Waals surface area contributed by atoms with E-state index in [1.165, 1.54) is 0 Å². The largest absolute Gasteiger partial charge is 0.497 e. The van der Waals surface area contributed by atoms with Crippen LogP contribution >= 0.6 is 0 Å². The highest BCUT2D eigenvalue weighted by Crippen LogP contribution is 2.49. The summed E-state index contributed by atoms with van der Waals surface area (Å²) in [5, 5.41) is 1.06. The molecular formula is C30H29N3O4. The van der Waals surface area contributed by atoms with Crippen LogP contribution in [0.1, 0.15) is 35.2 Å². The zero-order valence-electron chi connectivity index (χ0n) is 21.2. The molecule has 0 saturated carbocycles. The summed E-state index contributed by atoms with van der Waals surface area (Å²) >= 11 is 0. The number of amides is 2. The smallest absolute Gasteiger partial charge is 0.255 e. The lowest BCUT2D eigenvalue weighted by Gasteiger charge is -2.51. The Morgan fingerprint density at radius 1 is 0.973 bits per heavy atom. The molecule has 1 aromatic heterocycles. The van der Waals surface area contributed by atoms with Crippen LogP contribution in [0.3, 0.4) is 0 Å². The second-order valence-electron chi connectivity index (χ2n) is 9.84. The Hall–Kier alpha value is -4.26. The third kappa shape index (κ3) is 3.49. The van der Waals surface area contributed by atoms with Gasteiger partial charge in [0.25, 0.3) is 5.91 Å². The van der Waals surface area contributed by atoms with E-state index in [0.717, 1.165) is 44.8 Å². The quantitative estimate of drug-likeness (QED) is 0.445. The fraction of sp³-hybridized carbons (Fsp3) is 0.267. The maximum atomic E-state index is 14.2. The van der Waals surface area contributed by atoms with Crippen LogP contribution in [-0.4, -0.2) is 53.9 Å². The third-order valence-corrected chi connectivity index (χ3v) is 7.84. The summed E-state index contributed by atoms with van der Waals surface area (Å²) in [6, 6.07) is 23.6. The van der Waals surface area contributed by atoms with E-state index in [-0.39, 0.29) is 24.3 Å². The molecule has 2 amide bonds. The molecule has 0 spiro atoms. The number of para-hydroxylation sites is 2. The number of carbonyl (C=O) groups excluding carboxylic acids is 2. The van der Waals surface area contributed by atoms with E-state index in [1.54, 1.807) is 24.0 Å². The molecule has 0 unspecified atom stereocenters. The highest BCUT2D eigenvalue weighted by molar-refractivity contribution is 6.01. The summed E-state index contributed by atoms with van der Waals surface area (Å²) in [4.78, 5) is 34.9. The average Bonchev–Trinajstić information content (AvgIpc) is 3.33. The number of methoxy groups -OCH3 is 2. The Kier molecular flexibility index (Phi) is 5.44. The van der Waals surface area contributed by atoms with Gasteiger partial charge in [-0.05, 0) is 42.3 Å². The highest BCUT2D eigenvalue weighted by atomic mass is 16.5. The van der Waals surface area contributed by atoms with Gasteiger partial charge in [0.15, 0.2) is 5.54 Å². The molecule has 1 fully saturated rings. The van der Waals surface area contributed by atoms with Crippen LogP contribution < -0.4 is 9.47 Å². The Bertz CT molecular complexity index is 1530. The van der Waals surface area contributed by atoms with Crippen molar-refractivity contribution in [1.82, 2.24) is 14.8 Å². The van der Waals surface area contributed by atoms with E-state index >= 15 is 0 Å². The zero-order chi connectivity index (χ0) is 25.7. The first kappa shape index (κ1) is 23.2. The molecule has 7 heteroatoms. The van der Waals surface area contributed by atoms with Crippen LogP contribution in [-0.2, 0) is 21.7 Å². The first-order chi connectivity index (χ1) is 18.0. The van der Waals surface area contributed by atoms with Gasteiger partial charge in [0.2, 0.25) is 5.91 Å². The van der Waals surface area contributed by atoms with Crippen molar-refractivity contribution in [2.45, 2.75) is 24.9 Å². The standard InChI is InChI=1S/C30H29N3O4/c1-30-28-27(22-12-4-6-13-24(22)31-28)23(21-11-5-7-14-25(21)37-3)17-33(30)26(34)18-32(29(30)35)16-19-9-8-10-20(15-19)36-2/h4-15,23,31H,16-18H2,1-3H3/t23-,30-/m0/s1. The summed E-state index contributed by atoms with van der Waals surface area (Å²) in [6.07, 6.45) is 0. The number of carbonyl (C=O) groups is 2. The van der Waals surface area contributed by atoms with Crippen molar-refractivity contribution in [3.8, 4) is 11.5 Å². The molecule has 7 nitrogen and oxygen atoms in total. The molecule has 188 valence electrons. The maximum Gasteiger partial charge on any atom is 0.255 e. The molecule has 2 aliphatic heterocycles. The molecule has 1 saturated heterocycles. The lowest BCUT2D eigenvalue weighted by Crippen LogP contribution is -2.67. The van der Waals surface area contributed by atoms with Crippen molar-refractivity contribution < 1.29 is 19.1 Å². The second kappa shape index (κ2) is 8.69. The number of nitrogens with zero attached hydrogens (tertiary/aromatic N) is 2. The number of benzene rings is 3. The molecule has 37 heavy (non-hydrogen) atoms. The van der Waals surface area contributed by atoms with Gasteiger partial charge >= 0.3 is 0 Å². The lowest BCUT2D eigenvalue weighted by molar-refractivity contribution is -0.166. The molecule has 4 aromatic rings. The molecule has 2 aliphatic rings. The Morgan fingerprint density at radius 2 is 1.76 bits per heavy atom. The third-order valence-electron chi connectivity index (χ3n) is 7.84. The number of hydrogen-bond acceptors (Lipinski definition) is 4. The minimum Gasteiger partial charge on any atom is -0.497 e. The number of ether oxygens (including phenoxy) is 2. The SMILES string of the molecule is COc1cccc(CN2CC(=O)N3C[C@@H](c4ccccc4OC)c4c([nH]c5ccccc45)[C@@]3(C)C2=O)c1. The van der Waals surface area contributed by atoms with Crippen molar-refractivity contribution >= 4 is 22.7 Å². The lowest BCUT2D eigenvalue weighted by atomic mass is 9.76. The van der Waals surface area contributed by atoms with Gasteiger partial charge in [-0.15, -0.1) is 0 Å². The van der Waals surface area contributed by atoms with Gasteiger partial charge in [-0.1, -0.05) is 48.5 Å². The van der Waals surface area contributed by atoms with E-state index in [0.29, 0.717) is 13.1 Å². The molecule has 0 radical (unpaired) electrons. The topological polar surface area (TPSA) is 74.9 Å². The van der Waals surface area contributed by atoms with Gasteiger partial charge in [-0.25, -0.2) is 0 Å². The van der Waals surface area contributed by atoms with Crippen LogP contribution in [0, 0.1) is 0 Å². The Morgan fingerprint density at radius 3 is 2.57 bits per heavy atom. The Balaban J connectivity index is 1.50. The first-order valence-electron chi connectivity index (χ1n) is 12.4. The number of rotatable bonds is 5. The molecule has 3 heterocycles. The molecular weight excluding hydrogens is 466 g/mol. The number of nitrogens with one attached hydrogen (secondary N) is 1. The number of hydrogen-bond donors (Lipinski definition) is 1. The first-order valence-corrected chi connectivity index (χ1v) is 12.4. The predicted molar refractivity (Wildman–Crippen MR) is 141 cm³/mol.